The molecule has 1 fully saturated rings. The standard InChI is InChI=1S/C8H16N2O2/c1-2-3-10-8(11)7-6-9-4-5-12-7/h7,9H,2-6H2,1H3,(H,10,11)/t7-/m1/s1. The number of nitrogens with one attached hydrogen (secondary N) is 2. The fourth-order valence-corrected chi connectivity index (χ4v) is 1.10. The molecule has 0 saturated carbocycles. The number of morpholine rings is 1. The maximum Gasteiger partial charge on any atom is 0.250 e. The van der Waals surface area contributed by atoms with Gasteiger partial charge in [0.1, 0.15) is 6.10 Å². The van der Waals surface area contributed by atoms with Crippen LogP contribution in [0.2, 0.25) is 0 Å². The highest BCUT2D eigenvalue weighted by atomic mass is 16.5. The van der Waals surface area contributed by atoms with Gasteiger partial charge in [-0.05, 0) is 6.42 Å². The topological polar surface area (TPSA) is 50.4 Å². The molecular formula is C8H16N2O2. The molecule has 1 saturated heterocycles. The van der Waals surface area contributed by atoms with Crippen LogP contribution < -0.4 is 10.6 Å². The highest BCUT2D eigenvalue weighted by Crippen LogP contribution is 1.95. The molecule has 70 valence electrons. The van der Waals surface area contributed by atoms with E-state index < -0.39 is 0 Å². The van der Waals surface area contributed by atoms with Gasteiger partial charge in [-0.15, -0.1) is 0 Å². The van der Waals surface area contributed by atoms with Gasteiger partial charge in [-0.2, -0.15) is 0 Å². The van der Waals surface area contributed by atoms with E-state index in [1.807, 2.05) is 6.92 Å². The van der Waals surface area contributed by atoms with E-state index in [0.29, 0.717) is 13.2 Å². The molecule has 1 aliphatic rings. The zero-order chi connectivity index (χ0) is 8.81. The second-order valence-electron chi connectivity index (χ2n) is 2.85. The van der Waals surface area contributed by atoms with E-state index in [1.165, 1.54) is 0 Å². The fourth-order valence-electron chi connectivity index (χ4n) is 1.10. The van der Waals surface area contributed by atoms with E-state index in [4.69, 9.17) is 4.74 Å². The summed E-state index contributed by atoms with van der Waals surface area (Å²) >= 11 is 0. The summed E-state index contributed by atoms with van der Waals surface area (Å²) in [6.45, 7) is 4.87. The van der Waals surface area contributed by atoms with Crippen LogP contribution in [0.3, 0.4) is 0 Å². The Labute approximate surface area is 72.7 Å². The summed E-state index contributed by atoms with van der Waals surface area (Å²) < 4.78 is 5.26. The zero-order valence-electron chi connectivity index (χ0n) is 7.43. The molecule has 0 aliphatic carbocycles. The minimum absolute atomic E-state index is 0.00375. The normalized spacial score (nSPS) is 23.6. The Kier molecular flexibility index (Phi) is 4.04. The quantitative estimate of drug-likeness (QED) is 0.603. The van der Waals surface area contributed by atoms with Crippen LogP contribution in [0.5, 0.6) is 0 Å². The molecule has 1 rings (SSSR count). The Balaban J connectivity index is 2.20. The first-order valence-corrected chi connectivity index (χ1v) is 4.44. The van der Waals surface area contributed by atoms with Gasteiger partial charge in [0.25, 0.3) is 0 Å². The number of amides is 1. The lowest BCUT2D eigenvalue weighted by Crippen LogP contribution is -2.47. The summed E-state index contributed by atoms with van der Waals surface area (Å²) in [6, 6.07) is 0. The van der Waals surface area contributed by atoms with Gasteiger partial charge >= 0.3 is 0 Å². The smallest absolute Gasteiger partial charge is 0.250 e. The third-order valence-corrected chi connectivity index (χ3v) is 1.77. The minimum Gasteiger partial charge on any atom is -0.366 e. The van der Waals surface area contributed by atoms with Crippen molar-refractivity contribution in [3.05, 3.63) is 0 Å². The van der Waals surface area contributed by atoms with Crippen molar-refractivity contribution in [1.29, 1.82) is 0 Å². The molecular weight excluding hydrogens is 156 g/mol. The maximum atomic E-state index is 11.3. The van der Waals surface area contributed by atoms with E-state index in [9.17, 15) is 4.79 Å². The first-order valence-electron chi connectivity index (χ1n) is 4.44. The lowest BCUT2D eigenvalue weighted by molar-refractivity contribution is -0.134. The molecule has 0 bridgehead atoms. The van der Waals surface area contributed by atoms with Crippen LogP contribution in [0.1, 0.15) is 13.3 Å². The van der Waals surface area contributed by atoms with Gasteiger partial charge in [-0.3, -0.25) is 4.79 Å². The number of ether oxygens (including phenoxy) is 1. The van der Waals surface area contributed by atoms with Crippen LogP contribution in [0.15, 0.2) is 0 Å². The lowest BCUT2D eigenvalue weighted by atomic mass is 10.3. The summed E-state index contributed by atoms with van der Waals surface area (Å²) in [6.07, 6.45) is 0.677. The van der Waals surface area contributed by atoms with Gasteiger partial charge in [-0.1, -0.05) is 6.92 Å². The molecule has 0 aromatic carbocycles. The number of carbonyl (C=O) groups excluding carboxylic acids is 1. The van der Waals surface area contributed by atoms with Gasteiger partial charge in [0, 0.05) is 19.6 Å². The van der Waals surface area contributed by atoms with Gasteiger partial charge in [0.2, 0.25) is 5.91 Å². The van der Waals surface area contributed by atoms with Gasteiger partial charge in [0.05, 0.1) is 6.61 Å². The van der Waals surface area contributed by atoms with Crippen molar-refractivity contribution >= 4 is 5.91 Å². The summed E-state index contributed by atoms with van der Waals surface area (Å²) in [5.41, 5.74) is 0. The molecule has 2 N–H and O–H groups in total. The van der Waals surface area contributed by atoms with Crippen molar-refractivity contribution in [2.24, 2.45) is 0 Å². The van der Waals surface area contributed by atoms with Crippen LogP contribution >= 0.6 is 0 Å². The Morgan fingerprint density at radius 2 is 2.58 bits per heavy atom. The predicted octanol–water partition coefficient (Wildman–Crippen LogP) is -0.499. The second kappa shape index (κ2) is 5.11. The number of carbonyl (C=O) groups is 1. The van der Waals surface area contributed by atoms with E-state index in [2.05, 4.69) is 10.6 Å². The first kappa shape index (κ1) is 9.48. The minimum atomic E-state index is -0.287. The summed E-state index contributed by atoms with van der Waals surface area (Å²) in [7, 11) is 0. The summed E-state index contributed by atoms with van der Waals surface area (Å²) in [5, 5.41) is 5.90. The third kappa shape index (κ3) is 2.79. The van der Waals surface area contributed by atoms with Gasteiger partial charge < -0.3 is 15.4 Å². The molecule has 4 heteroatoms. The molecule has 0 radical (unpaired) electrons. The molecule has 12 heavy (non-hydrogen) atoms. The van der Waals surface area contributed by atoms with Crippen LogP contribution in [-0.4, -0.2) is 38.3 Å². The van der Waals surface area contributed by atoms with Crippen molar-refractivity contribution in [3.8, 4) is 0 Å². The van der Waals surface area contributed by atoms with E-state index in [-0.39, 0.29) is 12.0 Å². The molecule has 4 nitrogen and oxygen atoms in total. The molecule has 1 amide bonds. The number of hydrogen-bond acceptors (Lipinski definition) is 3. The molecule has 0 spiro atoms. The average Bonchev–Trinajstić information content (AvgIpc) is 2.15. The highest BCUT2D eigenvalue weighted by molar-refractivity contribution is 5.81. The highest BCUT2D eigenvalue weighted by Gasteiger charge is 2.20. The van der Waals surface area contributed by atoms with Crippen LogP contribution in [0.25, 0.3) is 0 Å². The van der Waals surface area contributed by atoms with Crippen molar-refractivity contribution in [2.75, 3.05) is 26.2 Å². The van der Waals surface area contributed by atoms with Crippen LogP contribution in [0, 0.1) is 0 Å². The average molecular weight is 172 g/mol. The first-order chi connectivity index (χ1) is 5.84. The van der Waals surface area contributed by atoms with Crippen molar-refractivity contribution in [2.45, 2.75) is 19.4 Å². The zero-order valence-corrected chi connectivity index (χ0v) is 7.43. The predicted molar refractivity (Wildman–Crippen MR) is 45.9 cm³/mol. The fraction of sp³-hybridized carbons (Fsp3) is 0.875. The van der Waals surface area contributed by atoms with E-state index in [1.54, 1.807) is 0 Å². The van der Waals surface area contributed by atoms with Crippen molar-refractivity contribution in [3.63, 3.8) is 0 Å². The van der Waals surface area contributed by atoms with Gasteiger partial charge in [0.15, 0.2) is 0 Å². The number of hydrogen-bond donors (Lipinski definition) is 2. The van der Waals surface area contributed by atoms with Crippen LogP contribution in [0.4, 0.5) is 0 Å². The Bertz CT molecular complexity index is 144. The Morgan fingerprint density at radius 1 is 1.75 bits per heavy atom. The largest absolute Gasteiger partial charge is 0.366 e. The van der Waals surface area contributed by atoms with Crippen LogP contribution in [-0.2, 0) is 9.53 Å². The summed E-state index contributed by atoms with van der Waals surface area (Å²) in [5.74, 6) is 0.00375. The molecule has 1 atom stereocenters. The monoisotopic (exact) mass is 172 g/mol. The van der Waals surface area contributed by atoms with Crippen molar-refractivity contribution in [1.82, 2.24) is 10.6 Å². The second-order valence-corrected chi connectivity index (χ2v) is 2.85. The molecule has 0 aromatic heterocycles. The Morgan fingerprint density at radius 3 is 3.17 bits per heavy atom. The summed E-state index contributed by atoms with van der Waals surface area (Å²) in [4.78, 5) is 11.3. The SMILES string of the molecule is CCCNC(=O)[C@H]1CNCCO1. The lowest BCUT2D eigenvalue weighted by Gasteiger charge is -2.22. The molecule has 0 aromatic rings. The van der Waals surface area contributed by atoms with E-state index >= 15 is 0 Å². The van der Waals surface area contributed by atoms with Crippen molar-refractivity contribution < 1.29 is 9.53 Å². The Hall–Kier alpha value is -0.610. The molecule has 1 aliphatic heterocycles. The maximum absolute atomic E-state index is 11.3. The van der Waals surface area contributed by atoms with E-state index in [0.717, 1.165) is 19.5 Å². The molecule has 0 unspecified atom stereocenters. The molecule has 1 heterocycles. The third-order valence-electron chi connectivity index (χ3n) is 1.77. The number of rotatable bonds is 3. The van der Waals surface area contributed by atoms with Gasteiger partial charge in [-0.25, -0.2) is 0 Å².